The van der Waals surface area contributed by atoms with E-state index >= 15 is 0 Å². The largest absolute Gasteiger partial charge is 0.478 e. The summed E-state index contributed by atoms with van der Waals surface area (Å²) in [5.74, 6) is -3.04. The molecule has 1 fully saturated rings. The molecule has 0 radical (unpaired) electrons. The Morgan fingerprint density at radius 3 is 2.57 bits per heavy atom. The molecular formula is C13H11F2N3O3. The SMILES string of the molecule is Cn1c(C2CC2)nn(-c2cc(F)c(C(=O)O)cc2F)c1=O. The molecule has 21 heavy (non-hydrogen) atoms. The Balaban J connectivity index is 2.17. The highest BCUT2D eigenvalue weighted by molar-refractivity contribution is 5.88. The molecule has 2 aromatic rings. The minimum atomic E-state index is -1.58. The summed E-state index contributed by atoms with van der Waals surface area (Å²) in [6.07, 6.45) is 1.80. The molecule has 1 aromatic heterocycles. The highest BCUT2D eigenvalue weighted by Crippen LogP contribution is 2.38. The Morgan fingerprint density at radius 2 is 2.00 bits per heavy atom. The van der Waals surface area contributed by atoms with Gasteiger partial charge >= 0.3 is 11.7 Å². The molecule has 0 atom stereocenters. The summed E-state index contributed by atoms with van der Waals surface area (Å²) in [6.45, 7) is 0. The number of carboxylic acid groups (broad SMARTS) is 1. The van der Waals surface area contributed by atoms with E-state index in [2.05, 4.69) is 5.10 Å². The van der Waals surface area contributed by atoms with Crippen molar-refractivity contribution >= 4 is 5.97 Å². The lowest BCUT2D eigenvalue weighted by atomic mass is 10.2. The summed E-state index contributed by atoms with van der Waals surface area (Å²) >= 11 is 0. The molecule has 1 aromatic carbocycles. The summed E-state index contributed by atoms with van der Waals surface area (Å²) in [4.78, 5) is 22.8. The zero-order valence-corrected chi connectivity index (χ0v) is 11.0. The third-order valence-electron chi connectivity index (χ3n) is 3.45. The Hall–Kier alpha value is -2.51. The van der Waals surface area contributed by atoms with Gasteiger partial charge in [-0.15, -0.1) is 5.10 Å². The van der Waals surface area contributed by atoms with Crippen LogP contribution in [0.5, 0.6) is 0 Å². The molecule has 3 rings (SSSR count). The van der Waals surface area contributed by atoms with Crippen molar-refractivity contribution in [3.05, 3.63) is 45.6 Å². The lowest BCUT2D eigenvalue weighted by Gasteiger charge is -2.04. The molecule has 1 aliphatic rings. The van der Waals surface area contributed by atoms with E-state index in [1.54, 1.807) is 0 Å². The maximum Gasteiger partial charge on any atom is 0.350 e. The Bertz CT molecular complexity index is 806. The molecule has 1 heterocycles. The van der Waals surface area contributed by atoms with E-state index < -0.39 is 34.5 Å². The topological polar surface area (TPSA) is 77.1 Å². The summed E-state index contributed by atoms with van der Waals surface area (Å²) in [5, 5.41) is 12.8. The van der Waals surface area contributed by atoms with Crippen LogP contribution in [0.4, 0.5) is 8.78 Å². The van der Waals surface area contributed by atoms with Crippen molar-refractivity contribution in [3.8, 4) is 5.69 Å². The van der Waals surface area contributed by atoms with E-state index in [-0.39, 0.29) is 5.92 Å². The van der Waals surface area contributed by atoms with Gasteiger partial charge < -0.3 is 5.11 Å². The zero-order valence-electron chi connectivity index (χ0n) is 11.0. The lowest BCUT2D eigenvalue weighted by molar-refractivity contribution is 0.0691. The van der Waals surface area contributed by atoms with Crippen LogP contribution >= 0.6 is 0 Å². The lowest BCUT2D eigenvalue weighted by Crippen LogP contribution is -2.23. The van der Waals surface area contributed by atoms with Crippen molar-refractivity contribution in [2.45, 2.75) is 18.8 Å². The van der Waals surface area contributed by atoms with Crippen molar-refractivity contribution in [1.82, 2.24) is 14.3 Å². The minimum absolute atomic E-state index is 0.162. The van der Waals surface area contributed by atoms with E-state index in [0.29, 0.717) is 18.0 Å². The van der Waals surface area contributed by atoms with Crippen molar-refractivity contribution < 1.29 is 18.7 Å². The number of rotatable bonds is 3. The molecule has 6 nitrogen and oxygen atoms in total. The first-order valence-electron chi connectivity index (χ1n) is 6.28. The van der Waals surface area contributed by atoms with Gasteiger partial charge in [0.1, 0.15) is 23.1 Å². The summed E-state index contributed by atoms with van der Waals surface area (Å²) in [5.41, 5.74) is -1.79. The normalized spacial score (nSPS) is 14.4. The quantitative estimate of drug-likeness (QED) is 0.929. The van der Waals surface area contributed by atoms with Crippen LogP contribution in [0.25, 0.3) is 5.69 Å². The van der Waals surface area contributed by atoms with Gasteiger partial charge in [0.25, 0.3) is 0 Å². The fraction of sp³-hybridized carbons (Fsp3) is 0.308. The molecular weight excluding hydrogens is 284 g/mol. The van der Waals surface area contributed by atoms with Gasteiger partial charge in [0, 0.05) is 19.0 Å². The van der Waals surface area contributed by atoms with E-state index in [1.807, 2.05) is 0 Å². The maximum atomic E-state index is 14.0. The number of carbonyl (C=O) groups is 1. The smallest absolute Gasteiger partial charge is 0.350 e. The van der Waals surface area contributed by atoms with Crippen LogP contribution in [-0.2, 0) is 7.05 Å². The fourth-order valence-electron chi connectivity index (χ4n) is 2.17. The van der Waals surface area contributed by atoms with Gasteiger partial charge in [-0.1, -0.05) is 0 Å². The Kier molecular flexibility index (Phi) is 2.89. The number of benzene rings is 1. The second-order valence-corrected chi connectivity index (χ2v) is 4.97. The van der Waals surface area contributed by atoms with Crippen molar-refractivity contribution in [2.75, 3.05) is 0 Å². The number of hydrogen-bond donors (Lipinski definition) is 1. The first-order valence-corrected chi connectivity index (χ1v) is 6.28. The summed E-state index contributed by atoms with van der Waals surface area (Å²) in [6, 6.07) is 1.22. The molecule has 0 saturated heterocycles. The molecule has 110 valence electrons. The van der Waals surface area contributed by atoms with Crippen LogP contribution in [0.1, 0.15) is 34.9 Å². The van der Waals surface area contributed by atoms with E-state index in [0.717, 1.165) is 17.5 Å². The number of nitrogens with zero attached hydrogens (tertiary/aromatic N) is 3. The molecule has 0 amide bonds. The molecule has 0 bridgehead atoms. The number of hydrogen-bond acceptors (Lipinski definition) is 3. The predicted octanol–water partition coefficient (Wildman–Crippen LogP) is 1.42. The third kappa shape index (κ3) is 2.12. The van der Waals surface area contributed by atoms with Crippen LogP contribution in [0.2, 0.25) is 0 Å². The highest BCUT2D eigenvalue weighted by Gasteiger charge is 2.30. The fourth-order valence-corrected chi connectivity index (χ4v) is 2.17. The van der Waals surface area contributed by atoms with Crippen LogP contribution < -0.4 is 5.69 Å². The van der Waals surface area contributed by atoms with E-state index in [1.165, 1.54) is 11.6 Å². The Morgan fingerprint density at radius 1 is 1.33 bits per heavy atom. The average molecular weight is 295 g/mol. The van der Waals surface area contributed by atoms with Crippen LogP contribution in [-0.4, -0.2) is 25.4 Å². The predicted molar refractivity (Wildman–Crippen MR) is 67.7 cm³/mol. The maximum absolute atomic E-state index is 14.0. The third-order valence-corrected chi connectivity index (χ3v) is 3.45. The number of aromatic carboxylic acids is 1. The van der Waals surface area contributed by atoms with Gasteiger partial charge in [-0.25, -0.2) is 18.4 Å². The minimum Gasteiger partial charge on any atom is -0.478 e. The van der Waals surface area contributed by atoms with Crippen molar-refractivity contribution in [2.24, 2.45) is 7.05 Å². The standard InChI is InChI=1S/C13H11F2N3O3/c1-17-11(6-2-3-6)16-18(13(17)21)10-5-8(14)7(12(19)20)4-9(10)15/h4-6H,2-3H2,1H3,(H,19,20). The van der Waals surface area contributed by atoms with Gasteiger partial charge in [-0.2, -0.15) is 4.68 Å². The van der Waals surface area contributed by atoms with Gasteiger partial charge in [-0.05, 0) is 18.9 Å². The average Bonchev–Trinajstić information content (AvgIpc) is 3.21. The van der Waals surface area contributed by atoms with Crippen LogP contribution in [0, 0.1) is 11.6 Å². The van der Waals surface area contributed by atoms with Gasteiger partial charge in [-0.3, -0.25) is 4.57 Å². The molecule has 0 aliphatic heterocycles. The second-order valence-electron chi connectivity index (χ2n) is 4.97. The van der Waals surface area contributed by atoms with Gasteiger partial charge in [0.15, 0.2) is 0 Å². The number of aromatic nitrogens is 3. The molecule has 1 N–H and O–H groups in total. The molecule has 1 saturated carbocycles. The molecule has 8 heteroatoms. The second kappa shape index (κ2) is 4.51. The van der Waals surface area contributed by atoms with Crippen molar-refractivity contribution in [1.29, 1.82) is 0 Å². The summed E-state index contributed by atoms with van der Waals surface area (Å²) < 4.78 is 29.7. The van der Waals surface area contributed by atoms with E-state index in [9.17, 15) is 18.4 Å². The molecule has 1 aliphatic carbocycles. The van der Waals surface area contributed by atoms with Crippen LogP contribution in [0.15, 0.2) is 16.9 Å². The Labute approximate surface area is 117 Å². The van der Waals surface area contributed by atoms with Gasteiger partial charge in [0.05, 0.1) is 5.56 Å². The zero-order chi connectivity index (χ0) is 15.3. The van der Waals surface area contributed by atoms with Crippen molar-refractivity contribution in [3.63, 3.8) is 0 Å². The number of halogens is 2. The van der Waals surface area contributed by atoms with Crippen LogP contribution in [0.3, 0.4) is 0 Å². The van der Waals surface area contributed by atoms with E-state index in [4.69, 9.17) is 5.11 Å². The molecule has 0 unspecified atom stereocenters. The monoisotopic (exact) mass is 295 g/mol. The summed E-state index contributed by atoms with van der Waals surface area (Å²) in [7, 11) is 1.51. The highest BCUT2D eigenvalue weighted by atomic mass is 19.1. The molecule has 0 spiro atoms. The first kappa shape index (κ1) is 13.5. The van der Waals surface area contributed by atoms with Gasteiger partial charge in [0.2, 0.25) is 0 Å². The number of carboxylic acids is 1. The first-order chi connectivity index (χ1) is 9.90.